The summed E-state index contributed by atoms with van der Waals surface area (Å²) in [5.74, 6) is -0.618. The van der Waals surface area contributed by atoms with Crippen LogP contribution in [0, 0.1) is 23.1 Å². The maximum Gasteiger partial charge on any atom is 0.334 e. The molecule has 2 aliphatic carbocycles. The predicted molar refractivity (Wildman–Crippen MR) is 99.4 cm³/mol. The van der Waals surface area contributed by atoms with Gasteiger partial charge in [-0.1, -0.05) is 25.7 Å². The molecule has 1 saturated heterocycles. The van der Waals surface area contributed by atoms with Crippen LogP contribution in [0.15, 0.2) is 48.6 Å². The van der Waals surface area contributed by atoms with Crippen molar-refractivity contribution in [2.75, 3.05) is 0 Å². The molecule has 5 heteroatoms. The number of hydrogen-bond acceptors (Lipinski definition) is 3. The highest BCUT2D eigenvalue weighted by molar-refractivity contribution is 5.94. The van der Waals surface area contributed by atoms with E-state index < -0.39 is 0 Å². The Labute approximate surface area is 158 Å². The fraction of sp³-hybridized carbons (Fsp3) is 0.455. The van der Waals surface area contributed by atoms with Crippen LogP contribution in [0.25, 0.3) is 0 Å². The van der Waals surface area contributed by atoms with E-state index in [2.05, 4.69) is 25.4 Å². The van der Waals surface area contributed by atoms with E-state index in [4.69, 9.17) is 4.74 Å². The van der Waals surface area contributed by atoms with Crippen molar-refractivity contribution >= 4 is 11.9 Å². The van der Waals surface area contributed by atoms with Gasteiger partial charge in [0.1, 0.15) is 11.9 Å². The highest BCUT2D eigenvalue weighted by Gasteiger charge is 2.54. The molecule has 5 atom stereocenters. The Kier molecular flexibility index (Phi) is 4.21. The minimum absolute atomic E-state index is 0.0141. The largest absolute Gasteiger partial charge is 0.458 e. The van der Waals surface area contributed by atoms with Crippen LogP contribution in [0.3, 0.4) is 0 Å². The quantitative estimate of drug-likeness (QED) is 0.490. The third kappa shape index (κ3) is 2.99. The zero-order chi connectivity index (χ0) is 19.3. The van der Waals surface area contributed by atoms with Gasteiger partial charge in [0.25, 0.3) is 5.91 Å². The third-order valence-corrected chi connectivity index (χ3v) is 6.73. The van der Waals surface area contributed by atoms with Crippen molar-refractivity contribution < 1.29 is 18.7 Å². The summed E-state index contributed by atoms with van der Waals surface area (Å²) in [6, 6.07) is 5.41. The van der Waals surface area contributed by atoms with E-state index in [0.717, 1.165) is 31.3 Å². The fourth-order valence-corrected chi connectivity index (χ4v) is 5.07. The van der Waals surface area contributed by atoms with Gasteiger partial charge in [0, 0.05) is 17.1 Å². The van der Waals surface area contributed by atoms with Gasteiger partial charge in [-0.25, -0.2) is 9.18 Å². The number of carbonyl (C=O) groups is 2. The standard InChI is InChI=1S/C22H24FNO3/c1-12-16-10-17-13(2)18(24-20(25)14-4-6-15(23)7-5-14)8-9-22(17,3)11-19(16)27-21(12)26/h4-7,16-19H,1-2,8-11H2,3H3,(H,24,25)/t16-,17+,18-,19-,22-/m1/s1. The van der Waals surface area contributed by atoms with Crippen molar-refractivity contribution in [3.05, 3.63) is 60.0 Å². The second-order valence-electron chi connectivity index (χ2n) is 8.37. The first-order valence-corrected chi connectivity index (χ1v) is 9.43. The van der Waals surface area contributed by atoms with Gasteiger partial charge < -0.3 is 10.1 Å². The Morgan fingerprint density at radius 2 is 2.00 bits per heavy atom. The molecular formula is C22H24FNO3. The van der Waals surface area contributed by atoms with E-state index in [0.29, 0.717) is 11.1 Å². The zero-order valence-electron chi connectivity index (χ0n) is 15.5. The molecule has 0 bridgehead atoms. The van der Waals surface area contributed by atoms with Crippen LogP contribution in [0.1, 0.15) is 43.0 Å². The van der Waals surface area contributed by atoms with Crippen molar-refractivity contribution in [1.82, 2.24) is 5.32 Å². The number of carbonyl (C=O) groups excluding carboxylic acids is 2. The molecule has 0 aromatic heterocycles. The van der Waals surface area contributed by atoms with Crippen molar-refractivity contribution in [3.63, 3.8) is 0 Å². The van der Waals surface area contributed by atoms with Gasteiger partial charge >= 0.3 is 5.97 Å². The average molecular weight is 369 g/mol. The molecule has 0 spiro atoms. The smallest absolute Gasteiger partial charge is 0.334 e. The molecule has 4 rings (SSSR count). The molecule has 142 valence electrons. The maximum atomic E-state index is 13.1. The van der Waals surface area contributed by atoms with Gasteiger partial charge in [0.05, 0.1) is 6.04 Å². The molecular weight excluding hydrogens is 345 g/mol. The number of hydrogen-bond donors (Lipinski definition) is 1. The third-order valence-electron chi connectivity index (χ3n) is 6.73. The van der Waals surface area contributed by atoms with E-state index in [1.54, 1.807) is 0 Å². The second-order valence-corrected chi connectivity index (χ2v) is 8.37. The number of rotatable bonds is 2. The van der Waals surface area contributed by atoms with Gasteiger partial charge in [0.15, 0.2) is 0 Å². The van der Waals surface area contributed by atoms with E-state index in [9.17, 15) is 14.0 Å². The van der Waals surface area contributed by atoms with Crippen LogP contribution < -0.4 is 5.32 Å². The number of ether oxygens (including phenoxy) is 1. The normalized spacial score (nSPS) is 35.3. The number of esters is 1. The molecule has 1 heterocycles. The molecule has 1 aromatic rings. The zero-order valence-corrected chi connectivity index (χ0v) is 15.5. The van der Waals surface area contributed by atoms with Gasteiger partial charge in [-0.15, -0.1) is 0 Å². The lowest BCUT2D eigenvalue weighted by Crippen LogP contribution is -2.50. The van der Waals surface area contributed by atoms with Crippen molar-refractivity contribution in [2.24, 2.45) is 17.3 Å². The molecule has 3 fully saturated rings. The number of halogens is 1. The van der Waals surface area contributed by atoms with Crippen molar-refractivity contribution in [3.8, 4) is 0 Å². The Morgan fingerprint density at radius 1 is 1.30 bits per heavy atom. The number of nitrogens with one attached hydrogen (secondary N) is 1. The molecule has 1 aliphatic heterocycles. The molecule has 1 N–H and O–H groups in total. The summed E-state index contributed by atoms with van der Waals surface area (Å²) < 4.78 is 18.6. The second kappa shape index (κ2) is 6.32. The van der Waals surface area contributed by atoms with Gasteiger partial charge in [-0.3, -0.25) is 4.79 Å². The Bertz CT molecular complexity index is 830. The van der Waals surface area contributed by atoms with E-state index >= 15 is 0 Å². The van der Waals surface area contributed by atoms with Gasteiger partial charge in [0.2, 0.25) is 0 Å². The number of amides is 1. The summed E-state index contributed by atoms with van der Waals surface area (Å²) in [6.07, 6.45) is 3.24. The lowest BCUT2D eigenvalue weighted by Gasteiger charge is -2.51. The molecule has 27 heavy (non-hydrogen) atoms. The van der Waals surface area contributed by atoms with Gasteiger partial charge in [-0.05, 0) is 61.3 Å². The van der Waals surface area contributed by atoms with Crippen LogP contribution in [0.4, 0.5) is 4.39 Å². The minimum atomic E-state index is -0.366. The molecule has 1 amide bonds. The highest BCUT2D eigenvalue weighted by atomic mass is 19.1. The molecule has 0 unspecified atom stereocenters. The summed E-state index contributed by atoms with van der Waals surface area (Å²) in [7, 11) is 0. The molecule has 0 radical (unpaired) electrons. The summed E-state index contributed by atoms with van der Waals surface area (Å²) in [6.45, 7) is 10.5. The number of fused-ring (bicyclic) bond motifs is 2. The maximum absolute atomic E-state index is 13.1. The summed E-state index contributed by atoms with van der Waals surface area (Å²) in [5, 5.41) is 3.05. The van der Waals surface area contributed by atoms with Gasteiger partial charge in [-0.2, -0.15) is 0 Å². The van der Waals surface area contributed by atoms with E-state index in [1.165, 1.54) is 24.3 Å². The van der Waals surface area contributed by atoms with Crippen molar-refractivity contribution in [1.29, 1.82) is 0 Å². The topological polar surface area (TPSA) is 55.4 Å². The first-order chi connectivity index (χ1) is 12.8. The predicted octanol–water partition coefficient (Wildman–Crippen LogP) is 3.79. The molecule has 2 saturated carbocycles. The molecule has 1 aromatic carbocycles. The van der Waals surface area contributed by atoms with Crippen LogP contribution in [0.5, 0.6) is 0 Å². The Balaban J connectivity index is 1.50. The summed E-state index contributed by atoms with van der Waals surface area (Å²) in [5.41, 5.74) is 2.02. The van der Waals surface area contributed by atoms with E-state index in [1.807, 2.05) is 0 Å². The van der Waals surface area contributed by atoms with Crippen LogP contribution in [-0.2, 0) is 9.53 Å². The molecule has 3 aliphatic rings. The summed E-state index contributed by atoms with van der Waals surface area (Å²) in [4.78, 5) is 24.4. The monoisotopic (exact) mass is 369 g/mol. The van der Waals surface area contributed by atoms with Crippen LogP contribution >= 0.6 is 0 Å². The van der Waals surface area contributed by atoms with Crippen LogP contribution in [-0.4, -0.2) is 24.0 Å². The van der Waals surface area contributed by atoms with E-state index in [-0.39, 0.29) is 47.1 Å². The highest BCUT2D eigenvalue weighted by Crippen LogP contribution is 2.56. The van der Waals surface area contributed by atoms with Crippen LogP contribution in [0.2, 0.25) is 0 Å². The first kappa shape index (κ1) is 18.0. The lowest BCUT2D eigenvalue weighted by atomic mass is 9.55. The summed E-state index contributed by atoms with van der Waals surface area (Å²) >= 11 is 0. The SMILES string of the molecule is C=C1C(=O)O[C@@H]2C[C@@]3(C)CC[C@@H](NC(=O)c4ccc(F)cc4)C(=C)[C@@H]3C[C@H]12. The number of benzene rings is 1. The fourth-order valence-electron chi connectivity index (χ4n) is 5.07. The first-order valence-electron chi connectivity index (χ1n) is 9.43. The average Bonchev–Trinajstić information content (AvgIpc) is 2.90. The Morgan fingerprint density at radius 3 is 2.70 bits per heavy atom. The minimum Gasteiger partial charge on any atom is -0.458 e. The van der Waals surface area contributed by atoms with Crippen molar-refractivity contribution in [2.45, 2.75) is 44.8 Å². The Hall–Kier alpha value is -2.43. The molecule has 4 nitrogen and oxygen atoms in total. The lowest BCUT2D eigenvalue weighted by molar-refractivity contribution is -0.142.